The molecule has 0 spiro atoms. The fraction of sp³-hybridized carbons (Fsp3) is 0.500. The molecule has 0 fully saturated rings. The quantitative estimate of drug-likeness (QED) is 0.110. The van der Waals surface area contributed by atoms with Crippen molar-refractivity contribution in [2.45, 2.75) is 80.1 Å². The number of hydrogen-bond acceptors (Lipinski definition) is 6. The third kappa shape index (κ3) is 6.43. The predicted molar refractivity (Wildman–Crippen MR) is 174 cm³/mol. The van der Waals surface area contributed by atoms with Gasteiger partial charge in [-0.15, -0.1) is 0 Å². The first-order valence-electron chi connectivity index (χ1n) is 15.9. The van der Waals surface area contributed by atoms with E-state index in [1.54, 1.807) is 0 Å². The lowest BCUT2D eigenvalue weighted by atomic mass is 9.91. The van der Waals surface area contributed by atoms with Crippen molar-refractivity contribution in [2.24, 2.45) is 0 Å². The number of hydrogen-bond donors (Lipinski definition) is 0. The summed E-state index contributed by atoms with van der Waals surface area (Å²) in [7, 11) is 0. The fourth-order valence-corrected chi connectivity index (χ4v) is 5.16. The van der Waals surface area contributed by atoms with Crippen molar-refractivity contribution in [1.82, 2.24) is 0 Å². The molecule has 0 saturated heterocycles. The number of rotatable bonds is 18. The average molecular weight is 577 g/mol. The summed E-state index contributed by atoms with van der Waals surface area (Å²) in [5, 5.41) is 6.04. The van der Waals surface area contributed by atoms with Crippen LogP contribution in [0, 0.1) is 0 Å². The van der Waals surface area contributed by atoms with Crippen molar-refractivity contribution in [3.05, 3.63) is 36.4 Å². The van der Waals surface area contributed by atoms with Gasteiger partial charge < -0.3 is 28.4 Å². The molecule has 0 atom stereocenters. The first-order chi connectivity index (χ1) is 20.7. The highest BCUT2D eigenvalue weighted by Gasteiger charge is 2.30. The number of ether oxygens (including phenoxy) is 6. The molecule has 0 aliphatic rings. The van der Waals surface area contributed by atoms with E-state index in [1.807, 2.05) is 6.07 Å². The van der Waals surface area contributed by atoms with Gasteiger partial charge in [0.15, 0.2) is 23.0 Å². The third-order valence-corrected chi connectivity index (χ3v) is 6.90. The van der Waals surface area contributed by atoms with Crippen LogP contribution in [0.15, 0.2) is 36.4 Å². The van der Waals surface area contributed by atoms with Gasteiger partial charge in [0.1, 0.15) is 0 Å². The molecule has 0 unspecified atom stereocenters. The molecule has 4 aromatic rings. The molecule has 0 radical (unpaired) electrons. The minimum absolute atomic E-state index is 0.527. The second kappa shape index (κ2) is 15.6. The van der Waals surface area contributed by atoms with E-state index < -0.39 is 0 Å². The molecule has 228 valence electrons. The van der Waals surface area contributed by atoms with E-state index in [-0.39, 0.29) is 0 Å². The first-order valence-corrected chi connectivity index (χ1v) is 15.9. The summed E-state index contributed by atoms with van der Waals surface area (Å²) in [6, 6.07) is 12.7. The fourth-order valence-electron chi connectivity index (χ4n) is 5.16. The SMILES string of the molecule is CCCOc1ccc2c3ccccc3c3c(OCCC)c(OCCC)c(OCCC)c(OCCC)c3c2c1OCCC. The summed E-state index contributed by atoms with van der Waals surface area (Å²) in [6.45, 7) is 16.0. The van der Waals surface area contributed by atoms with Crippen LogP contribution in [0.5, 0.6) is 34.5 Å². The number of benzene rings is 4. The molecule has 4 rings (SSSR count). The normalized spacial score (nSPS) is 11.3. The van der Waals surface area contributed by atoms with Crippen molar-refractivity contribution in [1.29, 1.82) is 0 Å². The molecule has 0 aromatic heterocycles. The monoisotopic (exact) mass is 576 g/mol. The first kappa shape index (κ1) is 31.4. The minimum atomic E-state index is 0.527. The summed E-state index contributed by atoms with van der Waals surface area (Å²) >= 11 is 0. The van der Waals surface area contributed by atoms with Crippen molar-refractivity contribution in [3.8, 4) is 34.5 Å². The average Bonchev–Trinajstić information content (AvgIpc) is 3.02. The van der Waals surface area contributed by atoms with Gasteiger partial charge in [-0.1, -0.05) is 65.8 Å². The van der Waals surface area contributed by atoms with Gasteiger partial charge in [0.25, 0.3) is 0 Å². The zero-order valence-corrected chi connectivity index (χ0v) is 26.4. The van der Waals surface area contributed by atoms with Crippen molar-refractivity contribution < 1.29 is 28.4 Å². The van der Waals surface area contributed by atoms with Gasteiger partial charge >= 0.3 is 0 Å². The molecule has 0 saturated carbocycles. The van der Waals surface area contributed by atoms with Crippen LogP contribution in [0.25, 0.3) is 32.3 Å². The smallest absolute Gasteiger partial charge is 0.208 e. The topological polar surface area (TPSA) is 55.4 Å². The molecule has 4 aromatic carbocycles. The highest BCUT2D eigenvalue weighted by molar-refractivity contribution is 6.31. The van der Waals surface area contributed by atoms with Crippen LogP contribution in [0.2, 0.25) is 0 Å². The molecule has 0 N–H and O–H groups in total. The molecule has 0 aliphatic carbocycles. The maximum absolute atomic E-state index is 6.66. The Morgan fingerprint density at radius 1 is 0.357 bits per heavy atom. The standard InChI is InChI=1S/C36H48O6/c1-7-19-37-28-18-17-27-25-15-13-14-16-26(25)30-31(29(27)32(28)38-20-8-2)34(40-22-10-4)36(42-24-12-6)35(41-23-11-5)33(30)39-21-9-3/h13-18H,7-12,19-24H2,1-6H3. The second-order valence-corrected chi connectivity index (χ2v) is 10.5. The van der Waals surface area contributed by atoms with Gasteiger partial charge in [-0.25, -0.2) is 0 Å². The largest absolute Gasteiger partial charge is 0.490 e. The van der Waals surface area contributed by atoms with Crippen LogP contribution in [-0.4, -0.2) is 39.6 Å². The van der Waals surface area contributed by atoms with E-state index >= 15 is 0 Å². The Kier molecular flexibility index (Phi) is 11.7. The Hall–Kier alpha value is -3.54. The summed E-state index contributed by atoms with van der Waals surface area (Å²) in [4.78, 5) is 0. The van der Waals surface area contributed by atoms with Crippen molar-refractivity contribution in [3.63, 3.8) is 0 Å². The molecule has 6 nitrogen and oxygen atoms in total. The van der Waals surface area contributed by atoms with Crippen LogP contribution >= 0.6 is 0 Å². The van der Waals surface area contributed by atoms with Crippen molar-refractivity contribution >= 4 is 32.3 Å². The Morgan fingerprint density at radius 2 is 0.738 bits per heavy atom. The van der Waals surface area contributed by atoms with E-state index in [2.05, 4.69) is 71.9 Å². The summed E-state index contributed by atoms with van der Waals surface area (Å²) in [5.74, 6) is 4.01. The van der Waals surface area contributed by atoms with Gasteiger partial charge in [-0.2, -0.15) is 0 Å². The lowest BCUT2D eigenvalue weighted by Crippen LogP contribution is -2.09. The van der Waals surface area contributed by atoms with Crippen LogP contribution in [0.4, 0.5) is 0 Å². The van der Waals surface area contributed by atoms with Crippen LogP contribution < -0.4 is 28.4 Å². The van der Waals surface area contributed by atoms with Crippen LogP contribution in [-0.2, 0) is 0 Å². The molecule has 6 heteroatoms. The summed E-state index contributed by atoms with van der Waals surface area (Å²) in [6.07, 6.45) is 5.19. The Labute approximate surface area is 251 Å². The maximum atomic E-state index is 6.66. The Bertz CT molecular complexity index is 1440. The predicted octanol–water partition coefficient (Wildman–Crippen LogP) is 9.88. The van der Waals surface area contributed by atoms with E-state index in [9.17, 15) is 0 Å². The molecule has 0 bridgehead atoms. The van der Waals surface area contributed by atoms with E-state index in [0.717, 1.165) is 82.3 Å². The lowest BCUT2D eigenvalue weighted by Gasteiger charge is -2.25. The third-order valence-electron chi connectivity index (χ3n) is 6.90. The Balaban J connectivity index is 2.32. The maximum Gasteiger partial charge on any atom is 0.208 e. The number of fused-ring (bicyclic) bond motifs is 6. The van der Waals surface area contributed by atoms with Crippen molar-refractivity contribution in [2.75, 3.05) is 39.6 Å². The molecule has 0 aliphatic heterocycles. The van der Waals surface area contributed by atoms with Crippen LogP contribution in [0.1, 0.15) is 80.1 Å². The lowest BCUT2D eigenvalue weighted by molar-refractivity contribution is 0.230. The highest BCUT2D eigenvalue weighted by Crippen LogP contribution is 2.57. The van der Waals surface area contributed by atoms with E-state index in [4.69, 9.17) is 28.4 Å². The molecular formula is C36H48O6. The second-order valence-electron chi connectivity index (χ2n) is 10.5. The van der Waals surface area contributed by atoms with E-state index in [1.165, 1.54) is 0 Å². The van der Waals surface area contributed by atoms with Gasteiger partial charge in [0.2, 0.25) is 11.5 Å². The molecule has 0 heterocycles. The summed E-state index contributed by atoms with van der Waals surface area (Å²) < 4.78 is 39.1. The summed E-state index contributed by atoms with van der Waals surface area (Å²) in [5.41, 5.74) is 0. The van der Waals surface area contributed by atoms with E-state index in [0.29, 0.717) is 62.6 Å². The molecule has 42 heavy (non-hydrogen) atoms. The Morgan fingerprint density at radius 3 is 1.26 bits per heavy atom. The molecule has 0 amide bonds. The zero-order valence-electron chi connectivity index (χ0n) is 26.4. The molecular weight excluding hydrogens is 528 g/mol. The van der Waals surface area contributed by atoms with Crippen LogP contribution in [0.3, 0.4) is 0 Å². The highest BCUT2D eigenvalue weighted by atomic mass is 16.6. The van der Waals surface area contributed by atoms with Gasteiger partial charge in [0, 0.05) is 16.2 Å². The van der Waals surface area contributed by atoms with Gasteiger partial charge in [-0.3, -0.25) is 0 Å². The minimum Gasteiger partial charge on any atom is -0.490 e. The van der Waals surface area contributed by atoms with Gasteiger partial charge in [-0.05, 0) is 66.8 Å². The van der Waals surface area contributed by atoms with Gasteiger partial charge in [0.05, 0.1) is 39.6 Å². The zero-order chi connectivity index (χ0) is 29.9.